The van der Waals surface area contributed by atoms with Crippen molar-refractivity contribution in [2.45, 2.75) is 65.7 Å². The van der Waals surface area contributed by atoms with E-state index in [0.717, 1.165) is 76.6 Å². The molecular weight excluding hydrogens is 1060 g/mol. The Hall–Kier alpha value is -10.3. The maximum Gasteiger partial charge on any atom is 0.277 e. The molecule has 0 bridgehead atoms. The Kier molecular flexibility index (Phi) is 22.5. The fourth-order valence-corrected chi connectivity index (χ4v) is 8.47. The van der Waals surface area contributed by atoms with Gasteiger partial charge in [-0.3, -0.25) is 40.4 Å². The minimum absolute atomic E-state index is 0.0476. The van der Waals surface area contributed by atoms with E-state index in [9.17, 15) is 29.6 Å². The third-order valence-electron chi connectivity index (χ3n) is 12.8. The highest BCUT2D eigenvalue weighted by Gasteiger charge is 2.25. The predicted octanol–water partition coefficient (Wildman–Crippen LogP) is 13.7. The summed E-state index contributed by atoms with van der Waals surface area (Å²) in [5.74, 6) is 2.82. The molecule has 428 valence electrons. The molecule has 5 heterocycles. The molecule has 10 aromatic rings. The Bertz CT molecular complexity index is 3600. The van der Waals surface area contributed by atoms with Crippen LogP contribution in [0.5, 0.6) is 5.75 Å². The van der Waals surface area contributed by atoms with Crippen molar-refractivity contribution < 1.29 is 47.0 Å². The van der Waals surface area contributed by atoms with Crippen molar-refractivity contribution in [2.75, 3.05) is 36.6 Å². The molecule has 5 aromatic heterocycles. The maximum atomic E-state index is 12.1. The Balaban J connectivity index is 0.000000150. The molecule has 3 amide bonds. The van der Waals surface area contributed by atoms with Gasteiger partial charge in [0.15, 0.2) is 0 Å². The molecular formula is C62H64N10O11. The van der Waals surface area contributed by atoms with E-state index in [1.54, 1.807) is 62.0 Å². The van der Waals surface area contributed by atoms with E-state index in [2.05, 4.69) is 41.7 Å². The lowest BCUT2D eigenvalue weighted by atomic mass is 10.1. The topological polar surface area (TPSA) is 284 Å². The first kappa shape index (κ1) is 60.4. The number of hydrogen-bond acceptors (Lipinski definition) is 17. The Morgan fingerprint density at radius 1 is 0.530 bits per heavy atom. The van der Waals surface area contributed by atoms with Gasteiger partial charge in [0.25, 0.3) is 5.69 Å². The van der Waals surface area contributed by atoms with Crippen LogP contribution in [0, 0.1) is 29.9 Å². The molecule has 83 heavy (non-hydrogen) atoms. The number of aromatic hydroxyl groups is 1. The first-order chi connectivity index (χ1) is 40.3. The van der Waals surface area contributed by atoms with Crippen LogP contribution in [0.1, 0.15) is 63.4 Å². The van der Waals surface area contributed by atoms with E-state index in [1.165, 1.54) is 12.3 Å². The maximum absolute atomic E-state index is 12.1. The summed E-state index contributed by atoms with van der Waals surface area (Å²) in [5, 5.41) is 47.2. The number of amides is 3. The Labute approximate surface area is 478 Å². The van der Waals surface area contributed by atoms with Gasteiger partial charge in [0.1, 0.15) is 17.3 Å². The van der Waals surface area contributed by atoms with Gasteiger partial charge in [-0.05, 0) is 76.0 Å². The van der Waals surface area contributed by atoms with E-state index in [0.29, 0.717) is 59.7 Å². The zero-order valence-corrected chi connectivity index (χ0v) is 46.6. The second-order valence-corrected chi connectivity index (χ2v) is 19.1. The van der Waals surface area contributed by atoms with Crippen LogP contribution in [-0.4, -0.2) is 79.1 Å². The summed E-state index contributed by atoms with van der Waals surface area (Å²) >= 11 is 0. The molecule has 5 aromatic carbocycles. The van der Waals surface area contributed by atoms with Gasteiger partial charge in [-0.1, -0.05) is 167 Å². The van der Waals surface area contributed by atoms with Crippen LogP contribution in [0.4, 0.5) is 23.3 Å². The van der Waals surface area contributed by atoms with E-state index >= 15 is 0 Å². The number of rotatable bonds is 15. The van der Waals surface area contributed by atoms with E-state index in [4.69, 9.17) is 22.6 Å². The van der Waals surface area contributed by atoms with Crippen LogP contribution in [0.2, 0.25) is 0 Å². The minimum atomic E-state index is -0.415. The van der Waals surface area contributed by atoms with Crippen LogP contribution in [-0.2, 0) is 14.4 Å². The first-order valence-electron chi connectivity index (χ1n) is 26.7. The van der Waals surface area contributed by atoms with E-state index in [-0.39, 0.29) is 35.1 Å². The molecule has 1 aliphatic carbocycles. The number of benzene rings is 5. The predicted molar refractivity (Wildman–Crippen MR) is 313 cm³/mol. The van der Waals surface area contributed by atoms with Crippen molar-refractivity contribution in [3.05, 3.63) is 192 Å². The Morgan fingerprint density at radius 3 is 1.34 bits per heavy atom. The van der Waals surface area contributed by atoms with Crippen molar-refractivity contribution in [2.24, 2.45) is 5.92 Å². The number of phenolic OH excluding ortho intramolecular Hbond substituents is 1. The fraction of sp³-hybridized carbons (Fsp3) is 0.226. The number of nitro benzene ring substituents is 1. The zero-order valence-electron chi connectivity index (χ0n) is 46.6. The molecule has 11 rings (SSSR count). The number of carbonyl (C=O) groups is 3. The summed E-state index contributed by atoms with van der Waals surface area (Å²) < 4.78 is 25.1. The van der Waals surface area contributed by atoms with Gasteiger partial charge in [0, 0.05) is 42.5 Å². The highest BCUT2D eigenvalue weighted by Crippen LogP contribution is 2.34. The van der Waals surface area contributed by atoms with Crippen LogP contribution in [0.25, 0.3) is 55.6 Å². The summed E-state index contributed by atoms with van der Waals surface area (Å²) in [7, 11) is 3.86. The SMILES string of the molecule is CCCC(=O)Nc1oncc1-c1ccccc1.CN(C)CCC(=O)Nc1oncc1-c1ccccc1.Cc1oncc1-c1ccccc1O.Cc1oncc1-c1ccccc1[N+](=O)[O-].O=C(Nc1oncc1-c1ccccc1)C1CCCC1. The molecule has 4 N–H and O–H groups in total. The lowest BCUT2D eigenvalue weighted by Crippen LogP contribution is -2.20. The number of nitro groups is 1. The fourth-order valence-electron chi connectivity index (χ4n) is 8.47. The second-order valence-electron chi connectivity index (χ2n) is 19.1. The summed E-state index contributed by atoms with van der Waals surface area (Å²) in [6.45, 7) is 6.19. The highest BCUT2D eigenvalue weighted by atomic mass is 16.6. The molecule has 0 aliphatic heterocycles. The van der Waals surface area contributed by atoms with Gasteiger partial charge in [-0.15, -0.1) is 0 Å². The highest BCUT2D eigenvalue weighted by molar-refractivity contribution is 5.95. The summed E-state index contributed by atoms with van der Waals surface area (Å²) in [6.07, 6.45) is 13.9. The number of carbonyl (C=O) groups excluding carboxylic acids is 3. The van der Waals surface area contributed by atoms with Crippen molar-refractivity contribution in [1.29, 1.82) is 0 Å². The molecule has 0 spiro atoms. The first-order valence-corrected chi connectivity index (χ1v) is 26.7. The third kappa shape index (κ3) is 17.6. The van der Waals surface area contributed by atoms with Crippen LogP contribution < -0.4 is 16.0 Å². The summed E-state index contributed by atoms with van der Waals surface area (Å²) in [5.41, 5.74) is 8.17. The average Bonchev–Trinajstić information content (AvgIpc) is 4.44. The monoisotopic (exact) mass is 1120 g/mol. The minimum Gasteiger partial charge on any atom is -0.507 e. The average molecular weight is 1130 g/mol. The summed E-state index contributed by atoms with van der Waals surface area (Å²) in [6, 6.07) is 42.8. The largest absolute Gasteiger partial charge is 0.507 e. The smallest absolute Gasteiger partial charge is 0.277 e. The van der Waals surface area contributed by atoms with Crippen LogP contribution in [0.3, 0.4) is 0 Å². The van der Waals surface area contributed by atoms with Gasteiger partial charge in [0.2, 0.25) is 35.4 Å². The number of nitrogens with zero attached hydrogens (tertiary/aromatic N) is 7. The third-order valence-corrected chi connectivity index (χ3v) is 12.8. The molecule has 21 nitrogen and oxygen atoms in total. The number of aryl methyl sites for hydroxylation is 2. The lowest BCUT2D eigenvalue weighted by molar-refractivity contribution is -0.384. The van der Waals surface area contributed by atoms with Gasteiger partial charge in [-0.25, -0.2) is 0 Å². The number of para-hydroxylation sites is 2. The van der Waals surface area contributed by atoms with Gasteiger partial charge < -0.3 is 32.6 Å². The number of nitrogens with one attached hydrogen (secondary N) is 3. The van der Waals surface area contributed by atoms with Crippen molar-refractivity contribution in [3.8, 4) is 61.4 Å². The number of anilines is 3. The molecule has 1 fully saturated rings. The van der Waals surface area contributed by atoms with Crippen molar-refractivity contribution >= 4 is 41.1 Å². The second kappa shape index (κ2) is 30.9. The normalized spacial score (nSPS) is 11.5. The van der Waals surface area contributed by atoms with E-state index in [1.807, 2.05) is 136 Å². The van der Waals surface area contributed by atoms with Gasteiger partial charge >= 0.3 is 0 Å². The number of phenols is 1. The van der Waals surface area contributed by atoms with E-state index < -0.39 is 4.92 Å². The summed E-state index contributed by atoms with van der Waals surface area (Å²) in [4.78, 5) is 47.7. The Morgan fingerprint density at radius 2 is 0.916 bits per heavy atom. The molecule has 0 saturated heterocycles. The quantitative estimate of drug-likeness (QED) is 0.0548. The molecule has 1 aliphatic rings. The standard InChI is InChI=1S/C15H16N2O2.C14H17N3O2.C13H14N2O2.C10H8N2O3.C10H9NO2/c18-14(12-8-4-5-9-12)17-15-13(10-16-19-15)11-6-2-1-3-7-11;1-17(2)9-8-13(18)16-14-12(10-15-19-14)11-6-4-3-5-7-11;1-2-6-12(16)15-13-11(9-14-17-13)10-7-4-3-5-8-10;1-7-9(6-11-15-7)8-4-2-3-5-10(8)12(13)14;1-7-9(6-11-13-7)8-4-2-3-5-10(8)12/h1-3,6-7,10,12H,4-5,8-9H2,(H,17,18);3-7,10H,8-9H2,1-2H3,(H,16,18);3-5,7-9H,2,6H2,1H3,(H,15,16);2-6H,1H3;2-6,12H,1H3. The van der Waals surface area contributed by atoms with Crippen LogP contribution >= 0.6 is 0 Å². The number of aromatic nitrogens is 5. The van der Waals surface area contributed by atoms with Gasteiger partial charge in [0.05, 0.1) is 63.7 Å². The van der Waals surface area contributed by atoms with Gasteiger partial charge in [-0.2, -0.15) is 0 Å². The lowest BCUT2D eigenvalue weighted by Gasteiger charge is -2.08. The zero-order chi connectivity index (χ0) is 58.9. The van der Waals surface area contributed by atoms with Crippen molar-refractivity contribution in [1.82, 2.24) is 30.7 Å². The molecule has 0 atom stereocenters. The molecule has 0 unspecified atom stereocenters. The van der Waals surface area contributed by atoms with Crippen molar-refractivity contribution in [3.63, 3.8) is 0 Å². The van der Waals surface area contributed by atoms with Crippen LogP contribution in [0.15, 0.2) is 193 Å². The molecule has 0 radical (unpaired) electrons. The number of hydrogen-bond donors (Lipinski definition) is 4. The molecule has 1 saturated carbocycles. The molecule has 21 heteroatoms.